The van der Waals surface area contributed by atoms with Crippen LogP contribution in [0.4, 0.5) is 13.2 Å². The van der Waals surface area contributed by atoms with E-state index in [0.29, 0.717) is 5.75 Å². The summed E-state index contributed by atoms with van der Waals surface area (Å²) in [6.07, 6.45) is -4.49. The Labute approximate surface area is 213 Å². The number of carbonyl (C=O) groups excluding carboxylic acids is 1. The molecule has 2 heterocycles. The number of aromatic nitrogens is 2. The molecule has 0 spiro atoms. The van der Waals surface area contributed by atoms with Crippen molar-refractivity contribution in [2.24, 2.45) is 0 Å². The fourth-order valence-electron chi connectivity index (χ4n) is 3.09. The summed E-state index contributed by atoms with van der Waals surface area (Å²) in [7, 11) is -1.78. The first-order chi connectivity index (χ1) is 17.5. The second-order valence-electron chi connectivity index (χ2n) is 8.23. The molecule has 1 aliphatic heterocycles. The summed E-state index contributed by atoms with van der Waals surface area (Å²) >= 11 is 0. The SMILES string of the molecule is CC(F)F.Cc1cn(C2OC(COP(NCC(=O)OC(C)C)Oc3ccccc3)CC2F)c(=O)[nH]c1=O. The van der Waals surface area contributed by atoms with E-state index in [2.05, 4.69) is 10.1 Å². The predicted molar refractivity (Wildman–Crippen MR) is 130 cm³/mol. The average Bonchev–Trinajstić information content (AvgIpc) is 3.18. The normalized spacial score (nSPS) is 19.9. The topological polar surface area (TPSA) is 121 Å². The second-order valence-corrected chi connectivity index (χ2v) is 9.50. The van der Waals surface area contributed by atoms with E-state index < -0.39 is 50.7 Å². The van der Waals surface area contributed by atoms with Crippen molar-refractivity contribution in [1.82, 2.24) is 14.6 Å². The fourth-order valence-corrected chi connectivity index (χ4v) is 4.18. The molecule has 1 aliphatic rings. The number of halogens is 3. The Morgan fingerprint density at radius 1 is 1.24 bits per heavy atom. The number of rotatable bonds is 10. The summed E-state index contributed by atoms with van der Waals surface area (Å²) < 4.78 is 58.7. The Morgan fingerprint density at radius 3 is 2.51 bits per heavy atom. The van der Waals surface area contributed by atoms with Crippen LogP contribution >= 0.6 is 8.53 Å². The maximum Gasteiger partial charge on any atom is 0.330 e. The molecule has 2 N–H and O–H groups in total. The maximum absolute atomic E-state index is 14.6. The average molecular weight is 549 g/mol. The molecule has 3 rings (SSSR count). The standard InChI is InChI=1S/C21H27FN3O7P.C2H4F2/c1-13(2)30-18(26)10-23-33(32-15-7-5-4-6-8-15)29-12-16-9-17(22)20(31-16)25-11-14(3)19(27)24-21(25)28;1-2(3)4/h4-8,11,13,16-17,20,23H,9-10,12H2,1-3H3,(H,24,27,28);2H,1H3. The Balaban J connectivity index is 0.00000112. The molecule has 1 aromatic heterocycles. The highest BCUT2D eigenvalue weighted by molar-refractivity contribution is 7.45. The van der Waals surface area contributed by atoms with Gasteiger partial charge in [-0.1, -0.05) is 18.2 Å². The second kappa shape index (κ2) is 14.9. The molecule has 0 bridgehead atoms. The quantitative estimate of drug-likeness (QED) is 0.341. The molecule has 1 saturated heterocycles. The van der Waals surface area contributed by atoms with Crippen molar-refractivity contribution in [2.75, 3.05) is 13.2 Å². The van der Waals surface area contributed by atoms with Gasteiger partial charge in [-0.15, -0.1) is 0 Å². The molecule has 0 radical (unpaired) electrons. The van der Waals surface area contributed by atoms with Crippen molar-refractivity contribution in [3.8, 4) is 5.75 Å². The van der Waals surface area contributed by atoms with Crippen molar-refractivity contribution in [2.45, 2.75) is 65.1 Å². The number of ether oxygens (including phenoxy) is 2. The van der Waals surface area contributed by atoms with Gasteiger partial charge in [0.15, 0.2) is 6.23 Å². The summed E-state index contributed by atoms with van der Waals surface area (Å²) in [5, 5.41) is 2.88. The van der Waals surface area contributed by atoms with Crippen LogP contribution in [-0.4, -0.2) is 53.5 Å². The molecule has 206 valence electrons. The van der Waals surface area contributed by atoms with Crippen LogP contribution in [0.15, 0.2) is 46.1 Å². The maximum atomic E-state index is 14.6. The minimum atomic E-state index is -2.17. The molecular weight excluding hydrogens is 518 g/mol. The van der Waals surface area contributed by atoms with Gasteiger partial charge in [0.25, 0.3) is 5.56 Å². The highest BCUT2D eigenvalue weighted by Crippen LogP contribution is 2.38. The van der Waals surface area contributed by atoms with Crippen LogP contribution in [0.1, 0.15) is 39.0 Å². The highest BCUT2D eigenvalue weighted by Gasteiger charge is 2.38. The zero-order valence-electron chi connectivity index (χ0n) is 20.9. The third-order valence-electron chi connectivity index (χ3n) is 4.58. The molecule has 1 fully saturated rings. The molecule has 0 aliphatic carbocycles. The summed E-state index contributed by atoms with van der Waals surface area (Å²) in [5.74, 6) is 0.0590. The van der Waals surface area contributed by atoms with Gasteiger partial charge in [0, 0.05) is 18.2 Å². The summed E-state index contributed by atoms with van der Waals surface area (Å²) in [5.41, 5.74) is -1.02. The Morgan fingerprint density at radius 2 is 1.89 bits per heavy atom. The largest absolute Gasteiger partial charge is 0.462 e. The lowest BCUT2D eigenvalue weighted by atomic mass is 10.2. The van der Waals surface area contributed by atoms with E-state index in [4.69, 9.17) is 18.5 Å². The van der Waals surface area contributed by atoms with Crippen LogP contribution in [0.3, 0.4) is 0 Å². The monoisotopic (exact) mass is 549 g/mol. The number of H-pyrrole nitrogens is 1. The zero-order chi connectivity index (χ0) is 27.5. The van der Waals surface area contributed by atoms with Gasteiger partial charge in [-0.05, 0) is 39.8 Å². The van der Waals surface area contributed by atoms with Gasteiger partial charge in [0.05, 0.1) is 18.8 Å². The van der Waals surface area contributed by atoms with Crippen molar-refractivity contribution in [3.63, 3.8) is 0 Å². The molecule has 37 heavy (non-hydrogen) atoms. The number of nitrogens with one attached hydrogen (secondary N) is 2. The number of carbonyl (C=O) groups is 1. The highest BCUT2D eigenvalue weighted by atomic mass is 31.2. The van der Waals surface area contributed by atoms with Crippen LogP contribution in [0, 0.1) is 6.92 Å². The van der Waals surface area contributed by atoms with Crippen molar-refractivity contribution in [3.05, 3.63) is 62.9 Å². The Hall–Kier alpha value is -2.73. The molecule has 1 aromatic carbocycles. The molecule has 14 heteroatoms. The van der Waals surface area contributed by atoms with Crippen LogP contribution in [0.5, 0.6) is 5.75 Å². The zero-order valence-corrected chi connectivity index (χ0v) is 21.8. The van der Waals surface area contributed by atoms with E-state index >= 15 is 0 Å². The summed E-state index contributed by atoms with van der Waals surface area (Å²) in [4.78, 5) is 37.7. The number of hydrogen-bond donors (Lipinski definition) is 2. The van der Waals surface area contributed by atoms with E-state index in [1.54, 1.807) is 38.1 Å². The minimum Gasteiger partial charge on any atom is -0.462 e. The third kappa shape index (κ3) is 10.6. The molecule has 2 aromatic rings. The number of nitrogens with zero attached hydrogens (tertiary/aromatic N) is 1. The van der Waals surface area contributed by atoms with Crippen LogP contribution in [0.25, 0.3) is 0 Å². The number of benzene rings is 1. The molecule has 0 saturated carbocycles. The first-order valence-electron chi connectivity index (χ1n) is 11.4. The van der Waals surface area contributed by atoms with Crippen molar-refractivity contribution < 1.29 is 36.5 Å². The van der Waals surface area contributed by atoms with Gasteiger partial charge >= 0.3 is 20.2 Å². The number of esters is 1. The molecule has 4 atom stereocenters. The van der Waals surface area contributed by atoms with E-state index in [9.17, 15) is 27.6 Å². The van der Waals surface area contributed by atoms with Gasteiger partial charge < -0.3 is 18.5 Å². The number of aromatic amines is 1. The van der Waals surface area contributed by atoms with Crippen molar-refractivity contribution in [1.29, 1.82) is 0 Å². The van der Waals surface area contributed by atoms with Crippen molar-refractivity contribution >= 4 is 14.5 Å². The number of hydrogen-bond acceptors (Lipinski definition) is 8. The predicted octanol–water partition coefficient (Wildman–Crippen LogP) is 3.61. The summed E-state index contributed by atoms with van der Waals surface area (Å²) in [6, 6.07) is 8.88. The smallest absolute Gasteiger partial charge is 0.330 e. The fraction of sp³-hybridized carbons (Fsp3) is 0.522. The number of para-hydroxylation sites is 1. The van der Waals surface area contributed by atoms with Gasteiger partial charge in [0.1, 0.15) is 18.5 Å². The van der Waals surface area contributed by atoms with Gasteiger partial charge in [0.2, 0.25) is 6.43 Å². The summed E-state index contributed by atoms with van der Waals surface area (Å²) in [6.45, 7) is 5.66. The van der Waals surface area contributed by atoms with Crippen LogP contribution in [-0.2, 0) is 18.8 Å². The van der Waals surface area contributed by atoms with E-state index in [0.717, 1.165) is 11.5 Å². The lowest BCUT2D eigenvalue weighted by molar-refractivity contribution is -0.145. The first kappa shape index (κ1) is 30.5. The molecule has 4 unspecified atom stereocenters. The van der Waals surface area contributed by atoms with Crippen LogP contribution in [0.2, 0.25) is 0 Å². The van der Waals surface area contributed by atoms with Gasteiger partial charge in [-0.25, -0.2) is 23.1 Å². The van der Waals surface area contributed by atoms with E-state index in [-0.39, 0.29) is 31.2 Å². The first-order valence-corrected chi connectivity index (χ1v) is 12.6. The molecule has 10 nitrogen and oxygen atoms in total. The van der Waals surface area contributed by atoms with Crippen LogP contribution < -0.4 is 20.9 Å². The number of alkyl halides is 3. The lowest BCUT2D eigenvalue weighted by Gasteiger charge is -2.21. The molecule has 0 amide bonds. The minimum absolute atomic E-state index is 0.0147. The third-order valence-corrected chi connectivity index (χ3v) is 5.75. The molecular formula is C23H31F3N3O7P. The van der Waals surface area contributed by atoms with Gasteiger partial charge in [-0.2, -0.15) is 0 Å². The Bertz CT molecular complexity index is 1100. The lowest BCUT2D eigenvalue weighted by Crippen LogP contribution is -2.35. The van der Waals surface area contributed by atoms with E-state index in [1.165, 1.54) is 13.1 Å². The Kier molecular flexibility index (Phi) is 12.3. The van der Waals surface area contributed by atoms with E-state index in [1.807, 2.05) is 6.07 Å². The van der Waals surface area contributed by atoms with Gasteiger partial charge in [-0.3, -0.25) is 19.1 Å². The number of aryl methyl sites for hydroxylation is 1.